The van der Waals surface area contributed by atoms with Crippen LogP contribution in [0.2, 0.25) is 0 Å². The zero-order valence-electron chi connectivity index (χ0n) is 10.2. The molecule has 0 spiro atoms. The molecule has 17 heavy (non-hydrogen) atoms. The molecule has 1 atom stereocenters. The van der Waals surface area contributed by atoms with E-state index in [-0.39, 0.29) is 18.2 Å². The van der Waals surface area contributed by atoms with E-state index in [0.717, 1.165) is 5.69 Å². The van der Waals surface area contributed by atoms with Crippen LogP contribution in [0.25, 0.3) is 0 Å². The highest BCUT2D eigenvalue weighted by atomic mass is 16.4. The number of aryl methyl sites for hydroxylation is 1. The highest BCUT2D eigenvalue weighted by Gasteiger charge is 2.23. The summed E-state index contributed by atoms with van der Waals surface area (Å²) in [5, 5.41) is 18.1. The van der Waals surface area contributed by atoms with Gasteiger partial charge < -0.3 is 10.4 Å². The number of nitrogens with one attached hydrogen (secondary N) is 2. The van der Waals surface area contributed by atoms with E-state index in [1.165, 1.54) is 0 Å². The van der Waals surface area contributed by atoms with Gasteiger partial charge in [0.15, 0.2) is 0 Å². The van der Waals surface area contributed by atoms with Gasteiger partial charge in [-0.3, -0.25) is 9.89 Å². The van der Waals surface area contributed by atoms with Gasteiger partial charge in [-0.05, 0) is 18.9 Å². The van der Waals surface area contributed by atoms with Crippen LogP contribution in [0.3, 0.4) is 0 Å². The lowest BCUT2D eigenvalue weighted by molar-refractivity contribution is -0.143. The lowest BCUT2D eigenvalue weighted by atomic mass is 10.0. The Balaban J connectivity index is 2.56. The molecule has 6 heteroatoms. The molecule has 0 unspecified atom stereocenters. The summed E-state index contributed by atoms with van der Waals surface area (Å²) in [6, 6.07) is 0.896. The van der Waals surface area contributed by atoms with Crippen LogP contribution in [0.15, 0.2) is 6.07 Å². The highest BCUT2D eigenvalue weighted by molar-refractivity contribution is 5.84. The first-order valence-corrected chi connectivity index (χ1v) is 5.43. The smallest absolute Gasteiger partial charge is 0.326 e. The summed E-state index contributed by atoms with van der Waals surface area (Å²) in [5.41, 5.74) is 1.47. The molecule has 0 radical (unpaired) electrons. The summed E-state index contributed by atoms with van der Waals surface area (Å²) in [7, 11) is 0. The molecule has 0 aliphatic carbocycles. The zero-order chi connectivity index (χ0) is 13.0. The van der Waals surface area contributed by atoms with Gasteiger partial charge in [-0.15, -0.1) is 0 Å². The number of carboxylic acids is 1. The Labute approximate surface area is 99.4 Å². The number of hydrogen-bond acceptors (Lipinski definition) is 3. The van der Waals surface area contributed by atoms with Gasteiger partial charge in [-0.2, -0.15) is 5.10 Å². The number of carbonyl (C=O) groups is 2. The van der Waals surface area contributed by atoms with Crippen LogP contribution in [0.1, 0.15) is 25.2 Å². The van der Waals surface area contributed by atoms with E-state index >= 15 is 0 Å². The molecule has 0 saturated heterocycles. The quantitative estimate of drug-likeness (QED) is 0.696. The average Bonchev–Trinajstić information content (AvgIpc) is 2.59. The second-order valence-corrected chi connectivity index (χ2v) is 4.35. The summed E-state index contributed by atoms with van der Waals surface area (Å²) < 4.78 is 0. The number of hydrogen-bond donors (Lipinski definition) is 3. The van der Waals surface area contributed by atoms with Crippen molar-refractivity contribution < 1.29 is 14.7 Å². The van der Waals surface area contributed by atoms with Gasteiger partial charge in [0.2, 0.25) is 5.91 Å². The van der Waals surface area contributed by atoms with Crippen molar-refractivity contribution in [2.24, 2.45) is 5.92 Å². The Morgan fingerprint density at radius 2 is 2.18 bits per heavy atom. The number of carboxylic acid groups (broad SMARTS) is 1. The molecular formula is C11H17N3O3. The van der Waals surface area contributed by atoms with Gasteiger partial charge in [0, 0.05) is 5.69 Å². The predicted octanol–water partition coefficient (Wildman–Crippen LogP) is 0.486. The predicted molar refractivity (Wildman–Crippen MR) is 61.4 cm³/mol. The number of nitrogens with zero attached hydrogens (tertiary/aromatic N) is 1. The molecule has 94 valence electrons. The monoisotopic (exact) mass is 239 g/mol. The summed E-state index contributed by atoms with van der Waals surface area (Å²) in [5.74, 6) is -1.51. The lowest BCUT2D eigenvalue weighted by Gasteiger charge is -2.17. The molecular weight excluding hydrogens is 222 g/mol. The largest absolute Gasteiger partial charge is 0.480 e. The zero-order valence-corrected chi connectivity index (χ0v) is 10.2. The molecule has 0 saturated carbocycles. The number of rotatable bonds is 5. The van der Waals surface area contributed by atoms with Gasteiger partial charge in [-0.1, -0.05) is 13.8 Å². The van der Waals surface area contributed by atoms with Crippen LogP contribution in [0.5, 0.6) is 0 Å². The number of carbonyl (C=O) groups excluding carboxylic acids is 1. The Morgan fingerprint density at radius 1 is 1.53 bits per heavy atom. The molecule has 0 aliphatic rings. The first-order valence-electron chi connectivity index (χ1n) is 5.43. The van der Waals surface area contributed by atoms with Gasteiger partial charge >= 0.3 is 5.97 Å². The fraction of sp³-hybridized carbons (Fsp3) is 0.545. The number of aromatic amines is 1. The molecule has 0 aromatic carbocycles. The third-order valence-electron chi connectivity index (χ3n) is 2.35. The summed E-state index contributed by atoms with van der Waals surface area (Å²) >= 11 is 0. The van der Waals surface area contributed by atoms with Gasteiger partial charge in [-0.25, -0.2) is 4.79 Å². The number of aromatic nitrogens is 2. The minimum Gasteiger partial charge on any atom is -0.480 e. The van der Waals surface area contributed by atoms with Crippen molar-refractivity contribution in [2.45, 2.75) is 33.2 Å². The third kappa shape index (κ3) is 3.90. The topological polar surface area (TPSA) is 95.1 Å². The van der Waals surface area contributed by atoms with Crippen molar-refractivity contribution in [1.82, 2.24) is 15.5 Å². The Hall–Kier alpha value is -1.85. The second kappa shape index (κ2) is 5.47. The number of amides is 1. The van der Waals surface area contributed by atoms with Crippen LogP contribution in [0.4, 0.5) is 0 Å². The van der Waals surface area contributed by atoms with Crippen molar-refractivity contribution in [3.63, 3.8) is 0 Å². The maximum Gasteiger partial charge on any atom is 0.326 e. The minimum absolute atomic E-state index is 0.0842. The fourth-order valence-electron chi connectivity index (χ4n) is 1.47. The normalized spacial score (nSPS) is 12.5. The molecule has 1 aromatic rings. The maximum absolute atomic E-state index is 11.6. The maximum atomic E-state index is 11.6. The fourth-order valence-corrected chi connectivity index (χ4v) is 1.47. The molecule has 1 amide bonds. The summed E-state index contributed by atoms with van der Waals surface area (Å²) in [6.07, 6.45) is 0.0842. The molecule has 0 fully saturated rings. The van der Waals surface area contributed by atoms with Crippen LogP contribution < -0.4 is 5.32 Å². The SMILES string of the molecule is Cc1cc(CC(=O)N[C@H](C(=O)O)C(C)C)n[nH]1. The molecule has 0 aliphatic heterocycles. The first kappa shape index (κ1) is 13.2. The Kier molecular flexibility index (Phi) is 4.25. The van der Waals surface area contributed by atoms with Gasteiger partial charge in [0.1, 0.15) is 6.04 Å². The van der Waals surface area contributed by atoms with E-state index < -0.39 is 12.0 Å². The number of H-pyrrole nitrogens is 1. The molecule has 1 aromatic heterocycles. The minimum atomic E-state index is -1.02. The van der Waals surface area contributed by atoms with E-state index in [1.807, 2.05) is 6.92 Å². The van der Waals surface area contributed by atoms with E-state index in [4.69, 9.17) is 5.11 Å². The summed E-state index contributed by atoms with van der Waals surface area (Å²) in [4.78, 5) is 22.5. The Bertz CT molecular complexity index is 412. The van der Waals surface area contributed by atoms with Gasteiger partial charge in [0.25, 0.3) is 0 Å². The molecule has 0 bridgehead atoms. The van der Waals surface area contributed by atoms with E-state index in [1.54, 1.807) is 19.9 Å². The molecule has 6 nitrogen and oxygen atoms in total. The van der Waals surface area contributed by atoms with Gasteiger partial charge in [0.05, 0.1) is 12.1 Å². The van der Waals surface area contributed by atoms with Crippen LogP contribution in [-0.2, 0) is 16.0 Å². The van der Waals surface area contributed by atoms with Crippen molar-refractivity contribution in [2.75, 3.05) is 0 Å². The average molecular weight is 239 g/mol. The highest BCUT2D eigenvalue weighted by Crippen LogP contribution is 2.03. The van der Waals surface area contributed by atoms with E-state index in [2.05, 4.69) is 15.5 Å². The molecule has 3 N–H and O–H groups in total. The molecule has 1 heterocycles. The van der Waals surface area contributed by atoms with Crippen molar-refractivity contribution in [1.29, 1.82) is 0 Å². The van der Waals surface area contributed by atoms with Crippen LogP contribution in [-0.4, -0.2) is 33.2 Å². The van der Waals surface area contributed by atoms with Crippen LogP contribution in [0, 0.1) is 12.8 Å². The molecule has 1 rings (SSSR count). The van der Waals surface area contributed by atoms with E-state index in [9.17, 15) is 9.59 Å². The number of aliphatic carboxylic acids is 1. The standard InChI is InChI=1S/C11H17N3O3/c1-6(2)10(11(16)17)12-9(15)5-8-4-7(3)13-14-8/h4,6,10H,5H2,1-3H3,(H,12,15)(H,13,14)(H,16,17)/t10-/m0/s1. The summed E-state index contributed by atoms with van der Waals surface area (Å²) in [6.45, 7) is 5.33. The second-order valence-electron chi connectivity index (χ2n) is 4.35. The van der Waals surface area contributed by atoms with Crippen molar-refractivity contribution >= 4 is 11.9 Å². The van der Waals surface area contributed by atoms with Crippen molar-refractivity contribution in [3.05, 3.63) is 17.5 Å². The Morgan fingerprint density at radius 3 is 2.59 bits per heavy atom. The third-order valence-corrected chi connectivity index (χ3v) is 2.35. The van der Waals surface area contributed by atoms with E-state index in [0.29, 0.717) is 5.69 Å². The van der Waals surface area contributed by atoms with Crippen molar-refractivity contribution in [3.8, 4) is 0 Å². The lowest BCUT2D eigenvalue weighted by Crippen LogP contribution is -2.44. The first-order chi connectivity index (χ1) is 7.90. The van der Waals surface area contributed by atoms with Crippen LogP contribution >= 0.6 is 0 Å².